The lowest BCUT2D eigenvalue weighted by Crippen LogP contribution is -2.14. The number of carbonyl (C=O) groups is 1. The van der Waals surface area contributed by atoms with Crippen molar-refractivity contribution in [2.45, 2.75) is 0 Å². The average Bonchev–Trinajstić information content (AvgIpc) is 2.72. The normalized spacial score (nSPS) is 10.0. The standard InChI is InChI=1S/C10H6Cl2N6O/c1-18-4-5(3-13)9(17-18)14-10(19)6-2-7(11)15-16-8(6)12/h2,4H,1H3,(H,14,17,19). The van der Waals surface area contributed by atoms with Crippen molar-refractivity contribution in [2.75, 3.05) is 5.32 Å². The second-order valence-electron chi connectivity index (χ2n) is 3.50. The van der Waals surface area contributed by atoms with Gasteiger partial charge in [0.05, 0.1) is 5.56 Å². The first-order valence-corrected chi connectivity index (χ1v) is 5.70. The molecule has 1 amide bonds. The Morgan fingerprint density at radius 2 is 2.21 bits per heavy atom. The fourth-order valence-electron chi connectivity index (χ4n) is 1.35. The molecule has 0 fully saturated rings. The van der Waals surface area contributed by atoms with Crippen LogP contribution in [0.4, 0.5) is 5.82 Å². The molecule has 2 rings (SSSR count). The van der Waals surface area contributed by atoms with E-state index in [1.165, 1.54) is 16.9 Å². The van der Waals surface area contributed by atoms with Crippen LogP contribution in [-0.4, -0.2) is 25.9 Å². The lowest BCUT2D eigenvalue weighted by molar-refractivity contribution is 0.102. The number of nitrogens with one attached hydrogen (secondary N) is 1. The van der Waals surface area contributed by atoms with Gasteiger partial charge in [-0.05, 0) is 6.07 Å². The summed E-state index contributed by atoms with van der Waals surface area (Å²) < 4.78 is 1.41. The minimum atomic E-state index is -0.572. The molecule has 19 heavy (non-hydrogen) atoms. The van der Waals surface area contributed by atoms with Crippen LogP contribution in [-0.2, 0) is 7.05 Å². The van der Waals surface area contributed by atoms with Gasteiger partial charge in [0.1, 0.15) is 11.6 Å². The number of halogens is 2. The Morgan fingerprint density at radius 1 is 1.47 bits per heavy atom. The molecule has 0 aliphatic carbocycles. The Labute approximate surface area is 117 Å². The number of rotatable bonds is 2. The van der Waals surface area contributed by atoms with Crippen molar-refractivity contribution in [2.24, 2.45) is 7.05 Å². The molecule has 9 heteroatoms. The van der Waals surface area contributed by atoms with E-state index in [0.29, 0.717) is 0 Å². The van der Waals surface area contributed by atoms with Gasteiger partial charge in [-0.1, -0.05) is 23.2 Å². The fraction of sp³-hybridized carbons (Fsp3) is 0.100. The molecule has 0 atom stereocenters. The molecular formula is C10H6Cl2N6O. The van der Waals surface area contributed by atoms with E-state index in [-0.39, 0.29) is 27.3 Å². The molecule has 0 bridgehead atoms. The third-order valence-electron chi connectivity index (χ3n) is 2.14. The van der Waals surface area contributed by atoms with E-state index in [4.69, 9.17) is 28.5 Å². The number of nitriles is 1. The molecule has 0 radical (unpaired) electrons. The summed E-state index contributed by atoms with van der Waals surface area (Å²) in [5.41, 5.74) is 0.288. The van der Waals surface area contributed by atoms with E-state index in [2.05, 4.69) is 20.6 Å². The smallest absolute Gasteiger partial charge is 0.260 e. The highest BCUT2D eigenvalue weighted by Gasteiger charge is 2.16. The Balaban J connectivity index is 2.31. The molecule has 0 aromatic carbocycles. The molecule has 0 aliphatic heterocycles. The number of carbonyl (C=O) groups excluding carboxylic acids is 1. The molecule has 7 nitrogen and oxygen atoms in total. The van der Waals surface area contributed by atoms with Crippen LogP contribution in [0.2, 0.25) is 10.3 Å². The Morgan fingerprint density at radius 3 is 2.89 bits per heavy atom. The first kappa shape index (κ1) is 13.3. The number of hydrogen-bond donors (Lipinski definition) is 1. The van der Waals surface area contributed by atoms with Crippen LogP contribution in [0, 0.1) is 11.3 Å². The van der Waals surface area contributed by atoms with Crippen LogP contribution < -0.4 is 5.32 Å². The van der Waals surface area contributed by atoms with E-state index in [0.717, 1.165) is 0 Å². The molecule has 0 spiro atoms. The van der Waals surface area contributed by atoms with E-state index in [1.807, 2.05) is 6.07 Å². The third kappa shape index (κ3) is 2.81. The molecule has 2 heterocycles. The van der Waals surface area contributed by atoms with Crippen LogP contribution in [0.15, 0.2) is 12.3 Å². The third-order valence-corrected chi connectivity index (χ3v) is 2.61. The number of hydrogen-bond acceptors (Lipinski definition) is 5. The summed E-state index contributed by atoms with van der Waals surface area (Å²) in [6.45, 7) is 0. The minimum Gasteiger partial charge on any atom is -0.304 e. The maximum absolute atomic E-state index is 12.0. The number of amides is 1. The van der Waals surface area contributed by atoms with Gasteiger partial charge in [0.25, 0.3) is 5.91 Å². The van der Waals surface area contributed by atoms with E-state index < -0.39 is 5.91 Å². The van der Waals surface area contributed by atoms with Gasteiger partial charge < -0.3 is 5.32 Å². The molecule has 96 valence electrons. The minimum absolute atomic E-state index is 0.0380. The van der Waals surface area contributed by atoms with Crippen LogP contribution >= 0.6 is 23.2 Å². The molecule has 0 unspecified atom stereocenters. The van der Waals surface area contributed by atoms with Crippen LogP contribution in [0.5, 0.6) is 0 Å². The predicted molar refractivity (Wildman–Crippen MR) is 67.9 cm³/mol. The second kappa shape index (κ2) is 5.22. The van der Waals surface area contributed by atoms with Crippen molar-refractivity contribution in [1.82, 2.24) is 20.0 Å². The Bertz CT molecular complexity index is 690. The van der Waals surface area contributed by atoms with Crippen LogP contribution in [0.3, 0.4) is 0 Å². The average molecular weight is 297 g/mol. The van der Waals surface area contributed by atoms with E-state index in [9.17, 15) is 4.79 Å². The molecule has 1 N–H and O–H groups in total. The largest absolute Gasteiger partial charge is 0.304 e. The SMILES string of the molecule is Cn1cc(C#N)c(NC(=O)c2cc(Cl)nnc2Cl)n1. The van der Waals surface area contributed by atoms with Gasteiger partial charge in [-0.3, -0.25) is 9.48 Å². The van der Waals surface area contributed by atoms with E-state index >= 15 is 0 Å². The van der Waals surface area contributed by atoms with Gasteiger partial charge in [-0.15, -0.1) is 10.2 Å². The number of anilines is 1. The predicted octanol–water partition coefficient (Wildman–Crippen LogP) is 1.64. The Hall–Kier alpha value is -2.17. The second-order valence-corrected chi connectivity index (χ2v) is 4.25. The van der Waals surface area contributed by atoms with Crippen molar-refractivity contribution < 1.29 is 4.79 Å². The van der Waals surface area contributed by atoms with Crippen LogP contribution in [0.1, 0.15) is 15.9 Å². The molecular weight excluding hydrogens is 291 g/mol. The lowest BCUT2D eigenvalue weighted by Gasteiger charge is -2.03. The van der Waals surface area contributed by atoms with Crippen molar-refractivity contribution in [1.29, 1.82) is 5.26 Å². The van der Waals surface area contributed by atoms with Crippen molar-refractivity contribution in [3.05, 3.63) is 33.7 Å². The van der Waals surface area contributed by atoms with Crippen molar-refractivity contribution >= 4 is 34.9 Å². The monoisotopic (exact) mass is 296 g/mol. The Kier molecular flexibility index (Phi) is 3.64. The summed E-state index contributed by atoms with van der Waals surface area (Å²) in [6.07, 6.45) is 1.48. The first-order valence-electron chi connectivity index (χ1n) is 4.95. The molecule has 2 aromatic heterocycles. The topological polar surface area (TPSA) is 96.5 Å². The fourth-order valence-corrected chi connectivity index (χ4v) is 1.67. The van der Waals surface area contributed by atoms with Gasteiger partial charge >= 0.3 is 0 Å². The zero-order valence-electron chi connectivity index (χ0n) is 9.55. The molecule has 0 saturated heterocycles. The summed E-state index contributed by atoms with van der Waals surface area (Å²) >= 11 is 11.4. The number of aryl methyl sites for hydroxylation is 1. The number of aromatic nitrogens is 4. The summed E-state index contributed by atoms with van der Waals surface area (Å²) in [5.74, 6) is -0.434. The molecule has 2 aromatic rings. The van der Waals surface area contributed by atoms with Gasteiger partial charge in [0.15, 0.2) is 16.1 Å². The van der Waals surface area contributed by atoms with Crippen LogP contribution in [0.25, 0.3) is 0 Å². The lowest BCUT2D eigenvalue weighted by atomic mass is 10.3. The van der Waals surface area contributed by atoms with Gasteiger partial charge in [0.2, 0.25) is 0 Å². The zero-order valence-corrected chi connectivity index (χ0v) is 11.1. The molecule has 0 aliphatic rings. The number of nitrogens with zero attached hydrogens (tertiary/aromatic N) is 5. The summed E-state index contributed by atoms with van der Waals surface area (Å²) in [7, 11) is 1.63. The maximum Gasteiger partial charge on any atom is 0.260 e. The summed E-state index contributed by atoms with van der Waals surface area (Å²) in [4.78, 5) is 12.0. The molecule has 0 saturated carbocycles. The first-order chi connectivity index (χ1) is 9.01. The summed E-state index contributed by atoms with van der Waals surface area (Å²) in [6, 6.07) is 3.19. The van der Waals surface area contributed by atoms with Crippen molar-refractivity contribution in [3.8, 4) is 6.07 Å². The summed E-state index contributed by atoms with van der Waals surface area (Å²) in [5, 5.41) is 22.3. The highest BCUT2D eigenvalue weighted by Crippen LogP contribution is 2.18. The van der Waals surface area contributed by atoms with Gasteiger partial charge in [-0.2, -0.15) is 10.4 Å². The highest BCUT2D eigenvalue weighted by atomic mass is 35.5. The van der Waals surface area contributed by atoms with Crippen molar-refractivity contribution in [3.63, 3.8) is 0 Å². The van der Waals surface area contributed by atoms with Gasteiger partial charge in [0, 0.05) is 13.2 Å². The zero-order chi connectivity index (χ0) is 14.0. The van der Waals surface area contributed by atoms with E-state index in [1.54, 1.807) is 7.05 Å². The van der Waals surface area contributed by atoms with Gasteiger partial charge in [-0.25, -0.2) is 0 Å². The highest BCUT2D eigenvalue weighted by molar-refractivity contribution is 6.34. The quantitative estimate of drug-likeness (QED) is 0.909. The maximum atomic E-state index is 12.0.